The Hall–Kier alpha value is -1.91. The van der Waals surface area contributed by atoms with E-state index < -0.39 is 5.60 Å². The van der Waals surface area contributed by atoms with Crippen LogP contribution < -0.4 is 0 Å². The number of hydrogen-bond donors (Lipinski definition) is 0. The molecule has 4 nitrogen and oxygen atoms in total. The molecular weight excluding hydrogens is 345 g/mol. The number of nitrogens with zero attached hydrogens (tertiary/aromatic N) is 1. The lowest BCUT2D eigenvalue weighted by atomic mass is 9.76. The van der Waals surface area contributed by atoms with Crippen molar-refractivity contribution < 1.29 is 18.7 Å². The second-order valence-electron chi connectivity index (χ2n) is 8.89. The predicted octanol–water partition coefficient (Wildman–Crippen LogP) is 4.90. The van der Waals surface area contributed by atoms with E-state index in [1.54, 1.807) is 12.1 Å². The van der Waals surface area contributed by atoms with Gasteiger partial charge in [-0.15, -0.1) is 0 Å². The summed E-state index contributed by atoms with van der Waals surface area (Å²) in [7, 11) is 0. The average molecular weight is 375 g/mol. The first-order valence-electron chi connectivity index (χ1n) is 10.0. The maximum absolute atomic E-state index is 13.0. The third kappa shape index (κ3) is 5.08. The van der Waals surface area contributed by atoms with Gasteiger partial charge >= 0.3 is 6.09 Å². The SMILES string of the molecule is CC(C)(C)OC(=O)N1C2CCCC1CC(C(=O)CCc1ccc(F)cc1)C2. The van der Waals surface area contributed by atoms with Gasteiger partial charge in [0.25, 0.3) is 0 Å². The molecular formula is C22H30FNO3. The maximum atomic E-state index is 13.0. The van der Waals surface area contributed by atoms with E-state index in [4.69, 9.17) is 4.74 Å². The third-order valence-electron chi connectivity index (χ3n) is 5.61. The highest BCUT2D eigenvalue weighted by molar-refractivity contribution is 5.82. The smallest absolute Gasteiger partial charge is 0.410 e. The second-order valence-corrected chi connectivity index (χ2v) is 8.89. The Labute approximate surface area is 161 Å². The molecule has 27 heavy (non-hydrogen) atoms. The first-order valence-corrected chi connectivity index (χ1v) is 10.0. The molecule has 0 saturated carbocycles. The minimum Gasteiger partial charge on any atom is -0.444 e. The Kier molecular flexibility index (Phi) is 5.87. The van der Waals surface area contributed by atoms with Gasteiger partial charge < -0.3 is 9.64 Å². The fourth-order valence-corrected chi connectivity index (χ4v) is 4.38. The number of carbonyl (C=O) groups excluding carboxylic acids is 2. The van der Waals surface area contributed by atoms with Crippen LogP contribution in [-0.4, -0.2) is 34.5 Å². The molecule has 1 aromatic rings. The summed E-state index contributed by atoms with van der Waals surface area (Å²) in [5.41, 5.74) is 0.476. The van der Waals surface area contributed by atoms with Gasteiger partial charge in [0, 0.05) is 24.4 Å². The Balaban J connectivity index is 1.59. The van der Waals surface area contributed by atoms with Gasteiger partial charge in [0.2, 0.25) is 0 Å². The number of rotatable bonds is 4. The molecule has 2 atom stereocenters. The lowest BCUT2D eigenvalue weighted by Crippen LogP contribution is -2.56. The molecule has 2 heterocycles. The number of fused-ring (bicyclic) bond motifs is 2. The van der Waals surface area contributed by atoms with Crippen molar-refractivity contribution in [2.75, 3.05) is 0 Å². The number of ether oxygens (including phenoxy) is 1. The molecule has 2 aliphatic rings. The molecule has 2 unspecified atom stereocenters. The van der Waals surface area contributed by atoms with Crippen LogP contribution in [0.4, 0.5) is 9.18 Å². The molecule has 1 aromatic carbocycles. The van der Waals surface area contributed by atoms with Crippen LogP contribution >= 0.6 is 0 Å². The molecule has 5 heteroatoms. The third-order valence-corrected chi connectivity index (χ3v) is 5.61. The van der Waals surface area contributed by atoms with E-state index in [2.05, 4.69) is 0 Å². The fraction of sp³-hybridized carbons (Fsp3) is 0.636. The summed E-state index contributed by atoms with van der Waals surface area (Å²) in [4.78, 5) is 27.3. The monoisotopic (exact) mass is 375 g/mol. The molecule has 2 aliphatic heterocycles. The van der Waals surface area contributed by atoms with Crippen molar-refractivity contribution >= 4 is 11.9 Å². The quantitative estimate of drug-likeness (QED) is 0.752. The van der Waals surface area contributed by atoms with E-state index in [0.29, 0.717) is 12.8 Å². The van der Waals surface area contributed by atoms with Crippen LogP contribution in [0.25, 0.3) is 0 Å². The van der Waals surface area contributed by atoms with Gasteiger partial charge in [-0.1, -0.05) is 12.1 Å². The summed E-state index contributed by atoms with van der Waals surface area (Å²) in [6.45, 7) is 5.64. The van der Waals surface area contributed by atoms with Crippen molar-refractivity contribution in [3.8, 4) is 0 Å². The molecule has 148 valence electrons. The van der Waals surface area contributed by atoms with Crippen LogP contribution in [0.15, 0.2) is 24.3 Å². The van der Waals surface area contributed by atoms with Gasteiger partial charge in [-0.2, -0.15) is 0 Å². The summed E-state index contributed by atoms with van der Waals surface area (Å²) >= 11 is 0. The van der Waals surface area contributed by atoms with Gasteiger partial charge in [0.1, 0.15) is 17.2 Å². The predicted molar refractivity (Wildman–Crippen MR) is 102 cm³/mol. The van der Waals surface area contributed by atoms with Crippen LogP contribution in [0.3, 0.4) is 0 Å². The molecule has 3 rings (SSSR count). The van der Waals surface area contributed by atoms with Gasteiger partial charge in [-0.3, -0.25) is 4.79 Å². The van der Waals surface area contributed by atoms with E-state index in [0.717, 1.165) is 37.7 Å². The van der Waals surface area contributed by atoms with Crippen molar-refractivity contribution in [2.24, 2.45) is 5.92 Å². The van der Waals surface area contributed by atoms with E-state index in [1.165, 1.54) is 12.1 Å². The van der Waals surface area contributed by atoms with E-state index in [1.807, 2.05) is 25.7 Å². The highest BCUT2D eigenvalue weighted by Crippen LogP contribution is 2.38. The fourth-order valence-electron chi connectivity index (χ4n) is 4.38. The Morgan fingerprint density at radius 1 is 1.11 bits per heavy atom. The average Bonchev–Trinajstić information content (AvgIpc) is 2.58. The molecule has 2 fully saturated rings. The molecule has 0 N–H and O–H groups in total. The van der Waals surface area contributed by atoms with E-state index in [9.17, 15) is 14.0 Å². The van der Waals surface area contributed by atoms with Crippen LogP contribution in [-0.2, 0) is 16.0 Å². The van der Waals surface area contributed by atoms with Crippen molar-refractivity contribution in [1.82, 2.24) is 4.90 Å². The lowest BCUT2D eigenvalue weighted by molar-refractivity contribution is -0.127. The minimum atomic E-state index is -0.507. The van der Waals surface area contributed by atoms with Crippen LogP contribution in [0.2, 0.25) is 0 Å². The first-order chi connectivity index (χ1) is 12.7. The number of benzene rings is 1. The summed E-state index contributed by atoms with van der Waals surface area (Å²) in [5, 5.41) is 0. The number of hydrogen-bond acceptors (Lipinski definition) is 3. The van der Waals surface area contributed by atoms with Crippen LogP contribution in [0.5, 0.6) is 0 Å². The highest BCUT2D eigenvalue weighted by atomic mass is 19.1. The molecule has 0 aromatic heterocycles. The molecule has 2 bridgehead atoms. The Morgan fingerprint density at radius 3 is 2.26 bits per heavy atom. The number of amides is 1. The Bertz CT molecular complexity index is 666. The van der Waals surface area contributed by atoms with Crippen molar-refractivity contribution in [1.29, 1.82) is 0 Å². The number of ketones is 1. The largest absolute Gasteiger partial charge is 0.444 e. The summed E-state index contributed by atoms with van der Waals surface area (Å²) < 4.78 is 18.6. The summed E-state index contributed by atoms with van der Waals surface area (Å²) in [6, 6.07) is 6.55. The molecule has 1 amide bonds. The number of piperidine rings is 2. The maximum Gasteiger partial charge on any atom is 0.410 e. The normalized spacial score (nSPS) is 25.2. The highest BCUT2D eigenvalue weighted by Gasteiger charge is 2.44. The summed E-state index contributed by atoms with van der Waals surface area (Å²) in [5.74, 6) is 0.0203. The lowest BCUT2D eigenvalue weighted by Gasteiger charge is -2.48. The van der Waals surface area contributed by atoms with Gasteiger partial charge in [0.15, 0.2) is 0 Å². The molecule has 0 spiro atoms. The minimum absolute atomic E-state index is 0.0134. The van der Waals surface area contributed by atoms with E-state index >= 15 is 0 Å². The number of halogens is 1. The van der Waals surface area contributed by atoms with Crippen molar-refractivity contribution in [3.05, 3.63) is 35.6 Å². The Morgan fingerprint density at radius 2 is 1.70 bits per heavy atom. The topological polar surface area (TPSA) is 46.6 Å². The summed E-state index contributed by atoms with van der Waals surface area (Å²) in [6.07, 6.45) is 5.33. The van der Waals surface area contributed by atoms with Gasteiger partial charge in [-0.25, -0.2) is 9.18 Å². The molecule has 2 saturated heterocycles. The zero-order chi connectivity index (χ0) is 19.6. The van der Waals surface area contributed by atoms with E-state index in [-0.39, 0.29) is 35.7 Å². The zero-order valence-electron chi connectivity index (χ0n) is 16.5. The number of Topliss-reactive ketones (excluding diaryl/α,β-unsaturated/α-hetero) is 1. The number of aryl methyl sites for hydroxylation is 1. The van der Waals surface area contributed by atoms with Gasteiger partial charge in [-0.05, 0) is 77.0 Å². The zero-order valence-corrected chi connectivity index (χ0v) is 16.5. The molecule has 0 radical (unpaired) electrons. The second kappa shape index (κ2) is 7.99. The van der Waals surface area contributed by atoms with Crippen LogP contribution in [0.1, 0.15) is 64.9 Å². The van der Waals surface area contributed by atoms with Crippen molar-refractivity contribution in [2.45, 2.75) is 83.4 Å². The van der Waals surface area contributed by atoms with Gasteiger partial charge in [0.05, 0.1) is 0 Å². The number of carbonyl (C=O) groups is 2. The molecule has 0 aliphatic carbocycles. The first kappa shape index (κ1) is 19.8. The standard InChI is InChI=1S/C22H30FNO3/c1-22(2,3)27-21(26)24-18-5-4-6-19(24)14-16(13-18)20(25)12-9-15-7-10-17(23)11-8-15/h7-8,10-11,16,18-19H,4-6,9,12-14H2,1-3H3. The van der Waals surface area contributed by atoms with Crippen molar-refractivity contribution in [3.63, 3.8) is 0 Å². The van der Waals surface area contributed by atoms with Crippen LogP contribution in [0, 0.1) is 11.7 Å².